The van der Waals surface area contributed by atoms with Gasteiger partial charge >= 0.3 is 0 Å². The van der Waals surface area contributed by atoms with Crippen LogP contribution < -0.4 is 5.43 Å². The Morgan fingerprint density at radius 3 is 2.65 bits per heavy atom. The highest BCUT2D eigenvalue weighted by atomic mass is 15.5. The fraction of sp³-hybridized carbons (Fsp3) is 1.00. The number of piperidine rings is 1. The van der Waals surface area contributed by atoms with Crippen molar-refractivity contribution in [2.45, 2.75) is 58.4 Å². The van der Waals surface area contributed by atoms with E-state index in [0.717, 1.165) is 29.7 Å². The summed E-state index contributed by atoms with van der Waals surface area (Å²) >= 11 is 0. The van der Waals surface area contributed by atoms with Crippen molar-refractivity contribution in [1.82, 2.24) is 10.4 Å². The van der Waals surface area contributed by atoms with Crippen LogP contribution in [-0.4, -0.2) is 24.1 Å². The van der Waals surface area contributed by atoms with Crippen LogP contribution in [0.3, 0.4) is 0 Å². The molecule has 0 aromatic carbocycles. The van der Waals surface area contributed by atoms with Gasteiger partial charge in [0.2, 0.25) is 0 Å². The molecule has 1 saturated carbocycles. The van der Waals surface area contributed by atoms with Crippen molar-refractivity contribution >= 4 is 0 Å². The molecule has 0 amide bonds. The lowest BCUT2D eigenvalue weighted by atomic mass is 9.60. The van der Waals surface area contributed by atoms with Gasteiger partial charge in [-0.2, -0.15) is 0 Å². The van der Waals surface area contributed by atoms with Crippen LogP contribution in [-0.2, 0) is 0 Å². The van der Waals surface area contributed by atoms with Gasteiger partial charge in [0.1, 0.15) is 0 Å². The number of hydrogen-bond donors (Lipinski definition) is 1. The molecule has 0 spiro atoms. The number of fused-ring (bicyclic) bond motifs is 3. The Bertz CT molecular complexity index is 266. The van der Waals surface area contributed by atoms with Crippen LogP contribution in [0.25, 0.3) is 0 Å². The van der Waals surface area contributed by atoms with E-state index in [2.05, 4.69) is 24.3 Å². The molecule has 17 heavy (non-hydrogen) atoms. The van der Waals surface area contributed by atoms with Crippen molar-refractivity contribution in [2.75, 3.05) is 13.1 Å². The fourth-order valence-corrected chi connectivity index (χ4v) is 5.16. The molecule has 98 valence electrons. The van der Waals surface area contributed by atoms with Gasteiger partial charge in [0.25, 0.3) is 0 Å². The van der Waals surface area contributed by atoms with Gasteiger partial charge in [0.05, 0.1) is 0 Å². The summed E-state index contributed by atoms with van der Waals surface area (Å²) in [6.45, 7) is 7.36. The molecule has 0 aromatic heterocycles. The average molecular weight is 236 g/mol. The number of hydrogen-bond acceptors (Lipinski definition) is 2. The Morgan fingerprint density at radius 1 is 1.00 bits per heavy atom. The van der Waals surface area contributed by atoms with E-state index in [9.17, 15) is 0 Å². The van der Waals surface area contributed by atoms with E-state index >= 15 is 0 Å². The maximum absolute atomic E-state index is 3.58. The maximum atomic E-state index is 3.58. The minimum atomic E-state index is 0.876. The number of nitrogens with zero attached hydrogens (tertiary/aromatic N) is 1. The fourth-order valence-electron chi connectivity index (χ4n) is 5.16. The molecule has 5 atom stereocenters. The molecule has 2 aliphatic heterocycles. The molecule has 2 heteroatoms. The van der Waals surface area contributed by atoms with E-state index in [0.29, 0.717) is 0 Å². The van der Waals surface area contributed by atoms with Crippen molar-refractivity contribution in [2.24, 2.45) is 23.7 Å². The first-order valence-corrected chi connectivity index (χ1v) is 7.85. The van der Waals surface area contributed by atoms with E-state index < -0.39 is 0 Å². The lowest BCUT2D eigenvalue weighted by Crippen LogP contribution is -2.53. The Labute approximate surface area is 106 Å². The Morgan fingerprint density at radius 2 is 1.88 bits per heavy atom. The van der Waals surface area contributed by atoms with Crippen LogP contribution in [0.15, 0.2) is 0 Å². The lowest BCUT2D eigenvalue weighted by molar-refractivity contribution is -0.0280. The molecular weight excluding hydrogens is 208 g/mol. The van der Waals surface area contributed by atoms with E-state index in [-0.39, 0.29) is 0 Å². The normalized spacial score (nSPS) is 46.6. The highest BCUT2D eigenvalue weighted by Crippen LogP contribution is 2.48. The molecule has 1 N–H and O–H groups in total. The van der Waals surface area contributed by atoms with E-state index in [1.807, 2.05) is 0 Å². The lowest BCUT2D eigenvalue weighted by Gasteiger charge is -2.50. The standard InChI is InChI=1S/C15H28N2/c1-3-11-5-6-14-13(12(11)4-2)8-10-17-15(14)7-9-16-17/h11-16H,3-10H2,1-2H3. The molecule has 2 saturated heterocycles. The van der Waals surface area contributed by atoms with Crippen LogP contribution in [0.1, 0.15) is 52.4 Å². The van der Waals surface area contributed by atoms with Gasteiger partial charge < -0.3 is 0 Å². The molecule has 0 radical (unpaired) electrons. The first kappa shape index (κ1) is 12.0. The summed E-state index contributed by atoms with van der Waals surface area (Å²) in [6, 6.07) is 0.876. The van der Waals surface area contributed by atoms with E-state index in [1.165, 1.54) is 51.6 Å². The van der Waals surface area contributed by atoms with Crippen molar-refractivity contribution in [3.63, 3.8) is 0 Å². The van der Waals surface area contributed by atoms with Crippen LogP contribution in [0, 0.1) is 23.7 Å². The Balaban J connectivity index is 1.77. The van der Waals surface area contributed by atoms with Crippen LogP contribution in [0.4, 0.5) is 0 Å². The highest BCUT2D eigenvalue weighted by Gasteiger charge is 2.46. The maximum Gasteiger partial charge on any atom is 0.0287 e. The second-order valence-electron chi connectivity index (χ2n) is 6.39. The molecule has 3 rings (SSSR count). The number of nitrogens with one attached hydrogen (secondary N) is 1. The van der Waals surface area contributed by atoms with Gasteiger partial charge in [-0.1, -0.05) is 26.7 Å². The van der Waals surface area contributed by atoms with Gasteiger partial charge in [0, 0.05) is 19.1 Å². The molecule has 0 bridgehead atoms. The zero-order valence-electron chi connectivity index (χ0n) is 11.5. The number of rotatable bonds is 2. The smallest absolute Gasteiger partial charge is 0.0287 e. The molecule has 0 aromatic rings. The third kappa shape index (κ3) is 1.94. The Kier molecular flexibility index (Phi) is 3.45. The van der Waals surface area contributed by atoms with E-state index in [1.54, 1.807) is 0 Å². The molecule has 1 aliphatic carbocycles. The second kappa shape index (κ2) is 4.89. The third-order valence-corrected chi connectivity index (χ3v) is 5.92. The van der Waals surface area contributed by atoms with Crippen LogP contribution in [0.2, 0.25) is 0 Å². The average Bonchev–Trinajstić information content (AvgIpc) is 2.85. The zero-order valence-corrected chi connectivity index (χ0v) is 11.5. The quantitative estimate of drug-likeness (QED) is 0.793. The minimum Gasteiger partial charge on any atom is -0.255 e. The van der Waals surface area contributed by atoms with Gasteiger partial charge in [0.15, 0.2) is 0 Å². The van der Waals surface area contributed by atoms with Gasteiger partial charge in [-0.25, -0.2) is 5.01 Å². The van der Waals surface area contributed by atoms with Gasteiger partial charge in [-0.3, -0.25) is 5.43 Å². The topological polar surface area (TPSA) is 15.3 Å². The molecular formula is C15H28N2. The summed E-state index contributed by atoms with van der Waals surface area (Å²) in [5.41, 5.74) is 3.58. The predicted octanol–water partition coefficient (Wildman–Crippen LogP) is 3.05. The summed E-state index contributed by atoms with van der Waals surface area (Å²) in [6.07, 6.45) is 8.68. The summed E-state index contributed by atoms with van der Waals surface area (Å²) in [7, 11) is 0. The van der Waals surface area contributed by atoms with Crippen molar-refractivity contribution < 1.29 is 0 Å². The molecule has 2 nitrogen and oxygen atoms in total. The predicted molar refractivity (Wildman–Crippen MR) is 71.5 cm³/mol. The van der Waals surface area contributed by atoms with Crippen molar-refractivity contribution in [3.8, 4) is 0 Å². The second-order valence-corrected chi connectivity index (χ2v) is 6.39. The highest BCUT2D eigenvalue weighted by molar-refractivity contribution is 4.97. The zero-order chi connectivity index (χ0) is 11.8. The summed E-state index contributed by atoms with van der Waals surface area (Å²) < 4.78 is 0. The van der Waals surface area contributed by atoms with Gasteiger partial charge in [-0.05, 0) is 49.4 Å². The summed E-state index contributed by atoms with van der Waals surface area (Å²) in [5, 5.41) is 2.57. The summed E-state index contributed by atoms with van der Waals surface area (Å²) in [4.78, 5) is 0. The third-order valence-electron chi connectivity index (χ3n) is 5.92. The van der Waals surface area contributed by atoms with Crippen molar-refractivity contribution in [1.29, 1.82) is 0 Å². The number of hydrazine groups is 1. The first-order chi connectivity index (χ1) is 8.35. The molecule has 5 unspecified atom stereocenters. The monoisotopic (exact) mass is 236 g/mol. The molecule has 3 aliphatic rings. The van der Waals surface area contributed by atoms with Crippen LogP contribution in [0.5, 0.6) is 0 Å². The molecule has 2 heterocycles. The minimum absolute atomic E-state index is 0.876. The van der Waals surface area contributed by atoms with Crippen LogP contribution >= 0.6 is 0 Å². The summed E-state index contributed by atoms with van der Waals surface area (Å²) in [5.74, 6) is 4.11. The van der Waals surface area contributed by atoms with Crippen molar-refractivity contribution in [3.05, 3.63) is 0 Å². The Hall–Kier alpha value is -0.0800. The SMILES string of the molecule is CCC1CCC2C(CCN3NCCC23)C1CC. The van der Waals surface area contributed by atoms with Gasteiger partial charge in [-0.15, -0.1) is 0 Å². The largest absolute Gasteiger partial charge is 0.255 e. The molecule has 3 fully saturated rings. The van der Waals surface area contributed by atoms with E-state index in [4.69, 9.17) is 0 Å². The first-order valence-electron chi connectivity index (χ1n) is 7.85.